The number of fused-ring (bicyclic) bond motifs is 1. The first kappa shape index (κ1) is 48.4. The van der Waals surface area contributed by atoms with Crippen LogP contribution in [0.15, 0.2) is 66.2 Å². The van der Waals surface area contributed by atoms with Crippen LogP contribution < -0.4 is 26.0 Å². The van der Waals surface area contributed by atoms with Crippen molar-refractivity contribution in [2.75, 3.05) is 70.0 Å². The SMILES string of the molecule is O=C1CCC(N2Cc3c(NC(=O)CCOCCOCCOCCOCCNC(=O)[C@]4(Cc5cccc(Nc6nccs6)n5)CC[C@@H](Oc5cccc(Cl)c5F)CC4)cccc3C2=O)C(=O)N1. The lowest BCUT2D eigenvalue weighted by atomic mass is 9.69. The first-order chi connectivity index (χ1) is 32.1. The highest BCUT2D eigenvalue weighted by Crippen LogP contribution is 2.41. The minimum atomic E-state index is -0.763. The van der Waals surface area contributed by atoms with E-state index in [1.807, 2.05) is 23.6 Å². The van der Waals surface area contributed by atoms with Gasteiger partial charge in [-0.2, -0.15) is 0 Å². The molecule has 0 spiro atoms. The number of imide groups is 1. The van der Waals surface area contributed by atoms with Crippen LogP contribution in [0.5, 0.6) is 5.75 Å². The Bertz CT molecular complexity index is 2320. The van der Waals surface area contributed by atoms with Crippen molar-refractivity contribution in [3.8, 4) is 5.75 Å². The fraction of sp³-hybridized carbons (Fsp3) is 0.457. The first-order valence-corrected chi connectivity index (χ1v) is 23.2. The summed E-state index contributed by atoms with van der Waals surface area (Å²) < 4.78 is 43.1. The van der Waals surface area contributed by atoms with Crippen molar-refractivity contribution in [2.24, 2.45) is 5.41 Å². The van der Waals surface area contributed by atoms with Crippen LogP contribution in [-0.2, 0) is 51.1 Å². The Morgan fingerprint density at radius 3 is 2.33 bits per heavy atom. The van der Waals surface area contributed by atoms with E-state index in [9.17, 15) is 28.4 Å². The van der Waals surface area contributed by atoms with Crippen LogP contribution in [0.25, 0.3) is 0 Å². The molecule has 1 aliphatic carbocycles. The lowest BCUT2D eigenvalue weighted by Gasteiger charge is -2.39. The summed E-state index contributed by atoms with van der Waals surface area (Å²) in [7, 11) is 0. The van der Waals surface area contributed by atoms with Crippen molar-refractivity contribution in [3.05, 3.63) is 93.8 Å². The van der Waals surface area contributed by atoms with Crippen molar-refractivity contribution in [2.45, 2.75) is 70.1 Å². The minimum Gasteiger partial charge on any atom is -0.487 e. The van der Waals surface area contributed by atoms with Gasteiger partial charge in [0.05, 0.1) is 75.8 Å². The lowest BCUT2D eigenvalue weighted by molar-refractivity contribution is -0.137. The number of carbonyl (C=O) groups is 5. The third-order valence-electron chi connectivity index (χ3n) is 11.6. The normalized spacial score (nSPS) is 19.3. The number of anilines is 3. The second-order valence-corrected chi connectivity index (χ2v) is 17.3. The molecule has 4 aromatic rings. The number of thiazole rings is 1. The molecule has 4 N–H and O–H groups in total. The molecule has 17 nitrogen and oxygen atoms in total. The van der Waals surface area contributed by atoms with Gasteiger partial charge in [0.2, 0.25) is 23.6 Å². The Kier molecular flexibility index (Phi) is 17.4. The van der Waals surface area contributed by atoms with Crippen molar-refractivity contribution in [1.82, 2.24) is 25.5 Å². The van der Waals surface area contributed by atoms with Gasteiger partial charge in [0, 0.05) is 60.0 Å². The molecule has 0 radical (unpaired) electrons. The van der Waals surface area contributed by atoms with Crippen molar-refractivity contribution in [1.29, 1.82) is 0 Å². The molecule has 1 saturated heterocycles. The van der Waals surface area contributed by atoms with Crippen molar-refractivity contribution < 1.29 is 52.0 Å². The quantitative estimate of drug-likeness (QED) is 0.0499. The summed E-state index contributed by atoms with van der Waals surface area (Å²) in [6, 6.07) is 14.6. The molecule has 0 bridgehead atoms. The molecule has 1 unspecified atom stereocenters. The van der Waals surface area contributed by atoms with E-state index in [1.54, 1.807) is 36.5 Å². The van der Waals surface area contributed by atoms with Crippen LogP contribution in [0, 0.1) is 11.2 Å². The van der Waals surface area contributed by atoms with E-state index in [4.69, 9.17) is 40.3 Å². The second-order valence-electron chi connectivity index (χ2n) is 16.0. The van der Waals surface area contributed by atoms with Crippen LogP contribution in [0.4, 0.5) is 21.0 Å². The van der Waals surface area contributed by atoms with Gasteiger partial charge in [-0.3, -0.25) is 29.3 Å². The molecule has 4 heterocycles. The fourth-order valence-electron chi connectivity index (χ4n) is 8.16. The number of aromatic nitrogens is 2. The van der Waals surface area contributed by atoms with E-state index < -0.39 is 23.2 Å². The topological polar surface area (TPSA) is 209 Å². The Labute approximate surface area is 390 Å². The van der Waals surface area contributed by atoms with E-state index in [2.05, 4.69) is 26.3 Å². The zero-order chi connectivity index (χ0) is 46.3. The number of ether oxygens (including phenoxy) is 5. The van der Waals surface area contributed by atoms with E-state index >= 15 is 0 Å². The average Bonchev–Trinajstić information content (AvgIpc) is 3.95. The molecule has 2 aliphatic heterocycles. The first-order valence-electron chi connectivity index (χ1n) is 22.0. The van der Waals surface area contributed by atoms with Gasteiger partial charge < -0.3 is 44.5 Å². The van der Waals surface area contributed by atoms with E-state index in [0.717, 1.165) is 10.8 Å². The summed E-state index contributed by atoms with van der Waals surface area (Å²) in [5, 5.41) is 14.0. The molecule has 2 aromatic carbocycles. The maximum Gasteiger partial charge on any atom is 0.255 e. The highest BCUT2D eigenvalue weighted by Gasteiger charge is 2.43. The number of benzene rings is 2. The Morgan fingerprint density at radius 2 is 1.61 bits per heavy atom. The fourth-order valence-corrected chi connectivity index (χ4v) is 8.86. The van der Waals surface area contributed by atoms with Gasteiger partial charge >= 0.3 is 0 Å². The van der Waals surface area contributed by atoms with Crippen LogP contribution >= 0.6 is 22.9 Å². The molecule has 66 heavy (non-hydrogen) atoms. The van der Waals surface area contributed by atoms with Crippen molar-refractivity contribution >= 4 is 69.1 Å². The number of amides is 5. The Morgan fingerprint density at radius 1 is 0.894 bits per heavy atom. The number of hydrogen-bond donors (Lipinski definition) is 4. The van der Waals surface area contributed by atoms with Crippen LogP contribution in [0.3, 0.4) is 0 Å². The molecule has 352 valence electrons. The molecule has 2 fully saturated rings. The number of nitrogens with one attached hydrogen (secondary N) is 4. The summed E-state index contributed by atoms with van der Waals surface area (Å²) in [5.74, 6) is -1.41. The summed E-state index contributed by atoms with van der Waals surface area (Å²) in [6.45, 7) is 2.87. The molecule has 7 rings (SSSR count). The molecule has 20 heteroatoms. The van der Waals surface area contributed by atoms with Gasteiger partial charge in [-0.05, 0) is 68.5 Å². The summed E-state index contributed by atoms with van der Waals surface area (Å²) in [4.78, 5) is 74.1. The average molecular weight is 950 g/mol. The Balaban J connectivity index is 0.745. The predicted molar refractivity (Wildman–Crippen MR) is 242 cm³/mol. The maximum absolute atomic E-state index is 14.6. The maximum atomic E-state index is 14.6. The smallest absolute Gasteiger partial charge is 0.255 e. The predicted octanol–water partition coefficient (Wildman–Crippen LogP) is 5.60. The zero-order valence-corrected chi connectivity index (χ0v) is 37.9. The zero-order valence-electron chi connectivity index (χ0n) is 36.3. The van der Waals surface area contributed by atoms with Gasteiger partial charge in [0.25, 0.3) is 5.91 Å². The van der Waals surface area contributed by atoms with Gasteiger partial charge in [-0.25, -0.2) is 14.4 Å². The van der Waals surface area contributed by atoms with Gasteiger partial charge in [0.15, 0.2) is 16.7 Å². The third kappa shape index (κ3) is 13.1. The number of carbonyl (C=O) groups excluding carboxylic acids is 5. The largest absolute Gasteiger partial charge is 0.487 e. The molecule has 2 aromatic heterocycles. The number of rotatable bonds is 24. The highest BCUT2D eigenvalue weighted by atomic mass is 35.5. The number of piperidine rings is 1. The van der Waals surface area contributed by atoms with Gasteiger partial charge in [-0.1, -0.05) is 29.8 Å². The summed E-state index contributed by atoms with van der Waals surface area (Å²) in [6.07, 6.45) is 4.45. The number of hydrogen-bond acceptors (Lipinski definition) is 14. The van der Waals surface area contributed by atoms with E-state index in [1.165, 1.54) is 22.3 Å². The minimum absolute atomic E-state index is 0.00555. The van der Waals surface area contributed by atoms with Gasteiger partial charge in [0.1, 0.15) is 11.9 Å². The summed E-state index contributed by atoms with van der Waals surface area (Å²) >= 11 is 7.44. The van der Waals surface area contributed by atoms with Crippen LogP contribution in [0.1, 0.15) is 66.6 Å². The molecule has 3 aliphatic rings. The molecular formula is C46H53ClFN7O10S. The van der Waals surface area contributed by atoms with Crippen LogP contribution in [0.2, 0.25) is 5.02 Å². The Hall–Kier alpha value is -5.57. The van der Waals surface area contributed by atoms with Crippen LogP contribution in [-0.4, -0.2) is 116 Å². The number of nitrogens with zero attached hydrogens (tertiary/aromatic N) is 3. The highest BCUT2D eigenvalue weighted by molar-refractivity contribution is 7.13. The molecular weight excluding hydrogens is 897 g/mol. The lowest BCUT2D eigenvalue weighted by Crippen LogP contribution is -2.52. The third-order valence-corrected chi connectivity index (χ3v) is 12.5. The molecule has 5 amide bonds. The number of pyridine rings is 1. The van der Waals surface area contributed by atoms with E-state index in [-0.39, 0.29) is 79.5 Å². The van der Waals surface area contributed by atoms with Gasteiger partial charge in [-0.15, -0.1) is 11.3 Å². The molecule has 1 atom stereocenters. The summed E-state index contributed by atoms with van der Waals surface area (Å²) in [5.41, 5.74) is 1.54. The second kappa shape index (κ2) is 23.7. The molecule has 1 saturated carbocycles. The number of halogens is 2. The van der Waals surface area contributed by atoms with Crippen molar-refractivity contribution in [3.63, 3.8) is 0 Å². The standard InChI is InChI=1S/C46H53ClFN7O10S/c47-34-6-3-8-37(41(34)48)65-31-12-15-46(16-13-31,28-30-4-1-9-38(51-30)53-45-50-18-27-66-45)44(60)49-17-20-62-22-24-64-26-25-63-23-21-61-19-14-40(57)52-35-7-2-5-32-33(35)29-55(43(32)59)36-10-11-39(56)54-42(36)58/h1-9,18,27,31,36H,10-17,19-26,28-29H2,(H,49,60)(H,52,57)(H,50,51,53)(H,54,56,58)/t31-,36?,46-. The monoisotopic (exact) mass is 949 g/mol. The van der Waals surface area contributed by atoms with E-state index in [0.29, 0.717) is 101 Å².